The second kappa shape index (κ2) is 5.13. The highest BCUT2D eigenvalue weighted by atomic mass is 19.1. The molecule has 1 saturated heterocycles. The van der Waals surface area contributed by atoms with Crippen molar-refractivity contribution in [2.75, 3.05) is 0 Å². The van der Waals surface area contributed by atoms with Crippen LogP contribution in [0.4, 0.5) is 4.39 Å². The first-order valence-corrected chi connectivity index (χ1v) is 6.93. The summed E-state index contributed by atoms with van der Waals surface area (Å²) in [5.74, 6) is -0.564. The van der Waals surface area contributed by atoms with Crippen LogP contribution in [-0.2, 0) is 9.31 Å². The van der Waals surface area contributed by atoms with E-state index >= 15 is 0 Å². The van der Waals surface area contributed by atoms with E-state index in [1.807, 2.05) is 34.6 Å². The molecule has 1 N–H and O–H groups in total. The average molecular weight is 280 g/mol. The molecule has 1 aromatic carbocycles. The van der Waals surface area contributed by atoms with Crippen molar-refractivity contribution in [2.24, 2.45) is 0 Å². The molecule has 3 nitrogen and oxygen atoms in total. The Morgan fingerprint density at radius 2 is 1.50 bits per heavy atom. The zero-order chi connectivity index (χ0) is 15.1. The van der Waals surface area contributed by atoms with E-state index in [2.05, 4.69) is 0 Å². The predicted octanol–water partition coefficient (Wildman–Crippen LogP) is 3.34. The van der Waals surface area contributed by atoms with Crippen LogP contribution in [0.3, 0.4) is 0 Å². The van der Waals surface area contributed by atoms with Gasteiger partial charge in [0.05, 0.1) is 17.3 Å². The molecular formula is C15H22BFO3. The summed E-state index contributed by atoms with van der Waals surface area (Å²) in [6, 6.07) is 5.86. The molecule has 110 valence electrons. The van der Waals surface area contributed by atoms with E-state index in [0.29, 0.717) is 5.56 Å². The zero-order valence-electron chi connectivity index (χ0n) is 12.7. The number of aliphatic hydroxyl groups excluding tert-OH is 1. The summed E-state index contributed by atoms with van der Waals surface area (Å²) in [7, 11) is -0.486. The maximum Gasteiger partial charge on any atom is 0.463 e. The molecule has 2 atom stereocenters. The van der Waals surface area contributed by atoms with Crippen LogP contribution in [0.15, 0.2) is 24.3 Å². The van der Waals surface area contributed by atoms with Gasteiger partial charge in [-0.05, 0) is 45.4 Å². The van der Waals surface area contributed by atoms with Crippen LogP contribution in [0.2, 0.25) is 5.82 Å². The lowest BCUT2D eigenvalue weighted by Gasteiger charge is -2.32. The van der Waals surface area contributed by atoms with Crippen molar-refractivity contribution in [1.82, 2.24) is 0 Å². The van der Waals surface area contributed by atoms with Crippen molar-refractivity contribution >= 4 is 7.12 Å². The van der Waals surface area contributed by atoms with Gasteiger partial charge in [0.25, 0.3) is 0 Å². The highest BCUT2D eigenvalue weighted by molar-refractivity contribution is 6.47. The maximum absolute atomic E-state index is 12.9. The summed E-state index contributed by atoms with van der Waals surface area (Å²) in [4.78, 5) is 0. The average Bonchev–Trinajstić information content (AvgIpc) is 2.57. The fourth-order valence-corrected chi connectivity index (χ4v) is 2.22. The Morgan fingerprint density at radius 1 is 1.05 bits per heavy atom. The Bertz CT molecular complexity index is 457. The second-order valence-corrected chi connectivity index (χ2v) is 6.48. The van der Waals surface area contributed by atoms with Gasteiger partial charge in [0.15, 0.2) is 0 Å². The Morgan fingerprint density at radius 3 is 1.95 bits per heavy atom. The van der Waals surface area contributed by atoms with E-state index in [1.165, 1.54) is 12.1 Å². The summed E-state index contributed by atoms with van der Waals surface area (Å²) in [6.45, 7) is 9.78. The molecule has 20 heavy (non-hydrogen) atoms. The molecule has 1 aliphatic heterocycles. The minimum absolute atomic E-state index is 0.249. The summed E-state index contributed by atoms with van der Waals surface area (Å²) in [5.41, 5.74) is -0.184. The normalized spacial score (nSPS) is 23.6. The van der Waals surface area contributed by atoms with Gasteiger partial charge in [0, 0.05) is 5.82 Å². The molecule has 0 amide bonds. The van der Waals surface area contributed by atoms with Gasteiger partial charge in [-0.25, -0.2) is 4.39 Å². The molecule has 0 aromatic heterocycles. The fraction of sp³-hybridized carbons (Fsp3) is 0.600. The molecule has 0 bridgehead atoms. The predicted molar refractivity (Wildman–Crippen MR) is 76.9 cm³/mol. The molecule has 0 radical (unpaired) electrons. The molecule has 2 unspecified atom stereocenters. The Hall–Kier alpha value is -0.905. The number of aliphatic hydroxyl groups is 1. The number of hydrogen-bond donors (Lipinski definition) is 1. The van der Waals surface area contributed by atoms with Gasteiger partial charge in [-0.1, -0.05) is 19.1 Å². The van der Waals surface area contributed by atoms with Crippen molar-refractivity contribution in [3.63, 3.8) is 0 Å². The molecule has 0 spiro atoms. The monoisotopic (exact) mass is 280 g/mol. The van der Waals surface area contributed by atoms with Crippen molar-refractivity contribution in [3.8, 4) is 0 Å². The van der Waals surface area contributed by atoms with Gasteiger partial charge in [0.2, 0.25) is 0 Å². The topological polar surface area (TPSA) is 38.7 Å². The van der Waals surface area contributed by atoms with Gasteiger partial charge in [-0.3, -0.25) is 0 Å². The Balaban J connectivity index is 2.12. The molecule has 1 fully saturated rings. The number of rotatable bonds is 3. The Labute approximate surface area is 120 Å². The first-order chi connectivity index (χ1) is 9.14. The van der Waals surface area contributed by atoms with Crippen LogP contribution in [0.5, 0.6) is 0 Å². The molecule has 2 rings (SSSR count). The van der Waals surface area contributed by atoms with Gasteiger partial charge in [-0.2, -0.15) is 0 Å². The molecular weight excluding hydrogens is 258 g/mol. The van der Waals surface area contributed by atoms with Crippen LogP contribution >= 0.6 is 0 Å². The smallest absolute Gasteiger partial charge is 0.403 e. The van der Waals surface area contributed by atoms with Crippen LogP contribution in [0, 0.1) is 5.82 Å². The molecule has 0 aliphatic carbocycles. The van der Waals surface area contributed by atoms with Crippen LogP contribution < -0.4 is 0 Å². The first-order valence-electron chi connectivity index (χ1n) is 6.93. The quantitative estimate of drug-likeness (QED) is 0.863. The highest BCUT2D eigenvalue weighted by Crippen LogP contribution is 2.43. The van der Waals surface area contributed by atoms with Gasteiger partial charge in [0.1, 0.15) is 5.82 Å². The zero-order valence-corrected chi connectivity index (χ0v) is 12.7. The van der Waals surface area contributed by atoms with Crippen LogP contribution in [0.1, 0.15) is 46.3 Å². The van der Waals surface area contributed by atoms with E-state index in [0.717, 1.165) is 0 Å². The van der Waals surface area contributed by atoms with E-state index in [-0.39, 0.29) is 11.6 Å². The van der Waals surface area contributed by atoms with Gasteiger partial charge >= 0.3 is 7.12 Å². The standard InChI is InChI=1S/C15H22BFO3/c1-10(13(18)11-6-8-12(17)9-7-11)16-19-14(2,3)15(4,5)20-16/h6-10,13,18H,1-5H3. The largest absolute Gasteiger partial charge is 0.463 e. The molecule has 5 heteroatoms. The molecule has 1 aliphatic rings. The lowest BCUT2D eigenvalue weighted by Crippen LogP contribution is -2.41. The molecule has 0 saturated carbocycles. The lowest BCUT2D eigenvalue weighted by atomic mass is 9.68. The van der Waals surface area contributed by atoms with Gasteiger partial charge in [-0.15, -0.1) is 0 Å². The SMILES string of the molecule is CC(B1OC(C)(C)C(C)(C)O1)C(O)c1ccc(F)cc1. The maximum atomic E-state index is 12.9. The third kappa shape index (κ3) is 2.75. The van der Waals surface area contributed by atoms with E-state index < -0.39 is 24.4 Å². The molecule has 1 aromatic rings. The summed E-state index contributed by atoms with van der Waals surface area (Å²) in [6.07, 6.45) is -0.759. The van der Waals surface area contributed by atoms with Crippen LogP contribution in [-0.4, -0.2) is 23.4 Å². The van der Waals surface area contributed by atoms with Crippen molar-refractivity contribution < 1.29 is 18.8 Å². The number of hydrogen-bond acceptors (Lipinski definition) is 3. The number of halogens is 1. The Kier molecular flexibility index (Phi) is 3.97. The highest BCUT2D eigenvalue weighted by Gasteiger charge is 2.53. The fourth-order valence-electron chi connectivity index (χ4n) is 2.22. The van der Waals surface area contributed by atoms with Crippen molar-refractivity contribution in [3.05, 3.63) is 35.6 Å². The van der Waals surface area contributed by atoms with Crippen molar-refractivity contribution in [1.29, 1.82) is 0 Å². The third-order valence-electron chi connectivity index (χ3n) is 4.41. The first kappa shape index (κ1) is 15.5. The van der Waals surface area contributed by atoms with E-state index in [4.69, 9.17) is 9.31 Å². The third-order valence-corrected chi connectivity index (χ3v) is 4.41. The number of benzene rings is 1. The summed E-state index contributed by atoms with van der Waals surface area (Å²) >= 11 is 0. The summed E-state index contributed by atoms with van der Waals surface area (Å²) in [5, 5.41) is 10.4. The van der Waals surface area contributed by atoms with E-state index in [1.54, 1.807) is 12.1 Å². The minimum atomic E-state index is -0.759. The van der Waals surface area contributed by atoms with E-state index in [9.17, 15) is 9.50 Å². The lowest BCUT2D eigenvalue weighted by molar-refractivity contribution is 0.00578. The summed E-state index contributed by atoms with van der Waals surface area (Å²) < 4.78 is 24.8. The van der Waals surface area contributed by atoms with Crippen molar-refractivity contribution in [2.45, 2.75) is 57.7 Å². The second-order valence-electron chi connectivity index (χ2n) is 6.48. The minimum Gasteiger partial charge on any atom is -0.403 e. The van der Waals surface area contributed by atoms with Crippen LogP contribution in [0.25, 0.3) is 0 Å². The van der Waals surface area contributed by atoms with Gasteiger partial charge < -0.3 is 14.4 Å². The molecule has 1 heterocycles.